The Hall–Kier alpha value is -3.72. The minimum Gasteiger partial charge on any atom is -0.482 e. The number of nitrogen functional groups attached to an aromatic ring is 1. The number of rotatable bonds is 8. The molecule has 0 fully saturated rings. The molecular weight excluding hydrogens is 403 g/mol. The summed E-state index contributed by atoms with van der Waals surface area (Å²) < 4.78 is 25.1. The maximum absolute atomic E-state index is 13.8. The number of hydrogen-bond acceptors (Lipinski definition) is 7. The van der Waals surface area contributed by atoms with Gasteiger partial charge in [0, 0.05) is 30.1 Å². The van der Waals surface area contributed by atoms with E-state index in [1.807, 2.05) is 13.1 Å². The molecular formula is C22H23FN4O4. The number of nitrogens with zero attached hydrogens (tertiary/aromatic N) is 2. The van der Waals surface area contributed by atoms with Crippen LogP contribution in [0.4, 0.5) is 10.2 Å². The maximum Gasteiger partial charge on any atom is 0.336 e. The highest BCUT2D eigenvalue weighted by molar-refractivity contribution is 5.89. The average Bonchev–Trinajstić information content (AvgIpc) is 2.75. The lowest BCUT2D eigenvalue weighted by molar-refractivity contribution is 0.0691. The molecule has 0 radical (unpaired) electrons. The van der Waals surface area contributed by atoms with Crippen LogP contribution in [0.3, 0.4) is 0 Å². The number of hydrogen-bond donors (Lipinski definition) is 3. The van der Waals surface area contributed by atoms with Crippen molar-refractivity contribution in [3.63, 3.8) is 0 Å². The Morgan fingerprint density at radius 3 is 2.74 bits per heavy atom. The summed E-state index contributed by atoms with van der Waals surface area (Å²) in [7, 11) is 3.35. The lowest BCUT2D eigenvalue weighted by Crippen LogP contribution is -2.12. The summed E-state index contributed by atoms with van der Waals surface area (Å²) in [6.45, 7) is 2.18. The molecule has 162 valence electrons. The van der Waals surface area contributed by atoms with Crippen LogP contribution in [0.15, 0.2) is 42.7 Å². The van der Waals surface area contributed by atoms with Gasteiger partial charge in [0.05, 0.1) is 18.2 Å². The number of ether oxygens (including phenoxy) is 2. The van der Waals surface area contributed by atoms with E-state index in [1.165, 1.54) is 13.2 Å². The van der Waals surface area contributed by atoms with E-state index in [-0.39, 0.29) is 22.7 Å². The maximum atomic E-state index is 13.8. The standard InChI is InChI=1S/C22H23FN4O4/c1-12(17-9-15(23)4-5-16(17)22(28)29)31-18-8-14(11-27-20(18)24)19-13(10-25-2)6-7-26-21(19)30-3/h4-9,11-12,25H,10H2,1-3H3,(H2,24,27)(H,28,29). The first kappa shape index (κ1) is 22.0. The number of pyridine rings is 2. The Kier molecular flexibility index (Phi) is 6.66. The first-order valence-corrected chi connectivity index (χ1v) is 9.47. The van der Waals surface area contributed by atoms with Crippen LogP contribution in [-0.4, -0.2) is 35.2 Å². The molecule has 3 rings (SSSR count). The first-order chi connectivity index (χ1) is 14.8. The fourth-order valence-corrected chi connectivity index (χ4v) is 3.29. The lowest BCUT2D eigenvalue weighted by Gasteiger charge is -2.19. The second-order valence-electron chi connectivity index (χ2n) is 6.79. The fraction of sp³-hybridized carbons (Fsp3) is 0.227. The van der Waals surface area contributed by atoms with Crippen LogP contribution in [0.1, 0.15) is 34.5 Å². The van der Waals surface area contributed by atoms with Gasteiger partial charge < -0.3 is 25.6 Å². The zero-order valence-electron chi connectivity index (χ0n) is 17.3. The van der Waals surface area contributed by atoms with Gasteiger partial charge in [-0.05, 0) is 49.9 Å². The van der Waals surface area contributed by atoms with E-state index in [4.69, 9.17) is 15.2 Å². The summed E-state index contributed by atoms with van der Waals surface area (Å²) in [6.07, 6.45) is 2.43. The molecule has 2 heterocycles. The predicted octanol–water partition coefficient (Wildman–Crippen LogP) is 3.43. The van der Waals surface area contributed by atoms with Crippen molar-refractivity contribution < 1.29 is 23.8 Å². The molecule has 8 nitrogen and oxygen atoms in total. The summed E-state index contributed by atoms with van der Waals surface area (Å²) in [5, 5.41) is 12.5. The Bertz CT molecular complexity index is 1110. The molecule has 0 aliphatic rings. The van der Waals surface area contributed by atoms with Gasteiger partial charge in [0.15, 0.2) is 11.6 Å². The summed E-state index contributed by atoms with van der Waals surface area (Å²) in [5.41, 5.74) is 8.45. The SMILES string of the molecule is CNCc1ccnc(OC)c1-c1cnc(N)c(OC(C)c2cc(F)ccc2C(=O)O)c1. The minimum absolute atomic E-state index is 0.0539. The number of aromatic nitrogens is 2. The quantitative estimate of drug-likeness (QED) is 0.501. The highest BCUT2D eigenvalue weighted by Crippen LogP contribution is 2.36. The molecule has 0 saturated heterocycles. The van der Waals surface area contributed by atoms with E-state index in [2.05, 4.69) is 15.3 Å². The monoisotopic (exact) mass is 426 g/mol. The van der Waals surface area contributed by atoms with E-state index in [9.17, 15) is 14.3 Å². The molecule has 31 heavy (non-hydrogen) atoms. The number of carbonyl (C=O) groups is 1. The van der Waals surface area contributed by atoms with E-state index < -0.39 is 17.9 Å². The molecule has 0 spiro atoms. The molecule has 4 N–H and O–H groups in total. The molecule has 1 aromatic carbocycles. The predicted molar refractivity (Wildman–Crippen MR) is 114 cm³/mol. The van der Waals surface area contributed by atoms with Crippen LogP contribution in [-0.2, 0) is 6.54 Å². The third kappa shape index (κ3) is 4.72. The van der Waals surface area contributed by atoms with Crippen LogP contribution in [0, 0.1) is 5.82 Å². The van der Waals surface area contributed by atoms with Crippen LogP contribution in [0.2, 0.25) is 0 Å². The second-order valence-corrected chi connectivity index (χ2v) is 6.79. The number of nitrogens with two attached hydrogens (primary N) is 1. The summed E-state index contributed by atoms with van der Waals surface area (Å²) >= 11 is 0. The highest BCUT2D eigenvalue weighted by Gasteiger charge is 2.20. The van der Waals surface area contributed by atoms with Gasteiger partial charge in [-0.1, -0.05) is 0 Å². The van der Waals surface area contributed by atoms with Crippen molar-refractivity contribution in [2.45, 2.75) is 19.6 Å². The molecule has 0 saturated carbocycles. The van der Waals surface area contributed by atoms with Crippen molar-refractivity contribution in [3.8, 4) is 22.8 Å². The average molecular weight is 426 g/mol. The molecule has 0 amide bonds. The number of carboxylic acids is 1. The van der Waals surface area contributed by atoms with Gasteiger partial charge in [0.1, 0.15) is 11.9 Å². The van der Waals surface area contributed by atoms with Gasteiger partial charge in [-0.3, -0.25) is 0 Å². The van der Waals surface area contributed by atoms with Crippen LogP contribution in [0.5, 0.6) is 11.6 Å². The molecule has 9 heteroatoms. The third-order valence-electron chi connectivity index (χ3n) is 4.72. The van der Waals surface area contributed by atoms with Crippen molar-refractivity contribution in [3.05, 3.63) is 65.2 Å². The number of nitrogens with one attached hydrogen (secondary N) is 1. The Morgan fingerprint density at radius 2 is 2.06 bits per heavy atom. The molecule has 1 unspecified atom stereocenters. The van der Waals surface area contributed by atoms with Crippen molar-refractivity contribution in [1.82, 2.24) is 15.3 Å². The van der Waals surface area contributed by atoms with Gasteiger partial charge in [-0.15, -0.1) is 0 Å². The third-order valence-corrected chi connectivity index (χ3v) is 4.72. The van der Waals surface area contributed by atoms with E-state index in [1.54, 1.807) is 25.4 Å². The summed E-state index contributed by atoms with van der Waals surface area (Å²) in [5.74, 6) is -0.986. The topological polar surface area (TPSA) is 120 Å². The normalized spacial score (nSPS) is 11.7. The fourth-order valence-electron chi connectivity index (χ4n) is 3.29. The smallest absolute Gasteiger partial charge is 0.336 e. The summed E-state index contributed by atoms with van der Waals surface area (Å²) in [6, 6.07) is 6.97. The molecule has 1 atom stereocenters. The number of carboxylic acid groups (broad SMARTS) is 1. The van der Waals surface area contributed by atoms with Gasteiger partial charge >= 0.3 is 5.97 Å². The summed E-state index contributed by atoms with van der Waals surface area (Å²) in [4.78, 5) is 20.0. The molecule has 2 aromatic heterocycles. The molecule has 0 aliphatic carbocycles. The number of halogens is 1. The van der Waals surface area contributed by atoms with E-state index in [0.717, 1.165) is 23.3 Å². The molecule has 3 aromatic rings. The molecule has 0 bridgehead atoms. The Balaban J connectivity index is 2.03. The van der Waals surface area contributed by atoms with Crippen molar-refractivity contribution in [2.24, 2.45) is 0 Å². The number of anilines is 1. The van der Waals surface area contributed by atoms with Gasteiger partial charge in [-0.25, -0.2) is 19.2 Å². The van der Waals surface area contributed by atoms with Gasteiger partial charge in [0.25, 0.3) is 0 Å². The highest BCUT2D eigenvalue weighted by atomic mass is 19.1. The van der Waals surface area contributed by atoms with Crippen molar-refractivity contribution in [1.29, 1.82) is 0 Å². The van der Waals surface area contributed by atoms with Crippen LogP contribution >= 0.6 is 0 Å². The van der Waals surface area contributed by atoms with E-state index >= 15 is 0 Å². The minimum atomic E-state index is -1.18. The van der Waals surface area contributed by atoms with Crippen LogP contribution in [0.25, 0.3) is 11.1 Å². The Labute approximate surface area is 178 Å². The van der Waals surface area contributed by atoms with Crippen molar-refractivity contribution in [2.75, 3.05) is 19.9 Å². The van der Waals surface area contributed by atoms with Crippen molar-refractivity contribution >= 4 is 11.8 Å². The zero-order valence-corrected chi connectivity index (χ0v) is 17.3. The second kappa shape index (κ2) is 9.40. The number of benzene rings is 1. The number of aromatic carboxylic acids is 1. The van der Waals surface area contributed by atoms with Crippen LogP contribution < -0.4 is 20.5 Å². The van der Waals surface area contributed by atoms with Gasteiger partial charge in [0.2, 0.25) is 5.88 Å². The van der Waals surface area contributed by atoms with E-state index in [0.29, 0.717) is 18.0 Å². The molecule has 0 aliphatic heterocycles. The first-order valence-electron chi connectivity index (χ1n) is 9.47. The zero-order chi connectivity index (χ0) is 22.5. The largest absolute Gasteiger partial charge is 0.482 e. The number of methoxy groups -OCH3 is 1. The lowest BCUT2D eigenvalue weighted by atomic mass is 10.0. The Morgan fingerprint density at radius 1 is 1.29 bits per heavy atom. The van der Waals surface area contributed by atoms with Gasteiger partial charge in [-0.2, -0.15) is 0 Å².